The van der Waals surface area contributed by atoms with E-state index in [9.17, 15) is 17.6 Å². The fraction of sp³-hybridized carbons (Fsp3) is 0.0556. The van der Waals surface area contributed by atoms with Crippen molar-refractivity contribution in [3.63, 3.8) is 0 Å². The van der Waals surface area contributed by atoms with Crippen LogP contribution in [0, 0.1) is 5.82 Å². The second kappa shape index (κ2) is 7.27. The summed E-state index contributed by atoms with van der Waals surface area (Å²) < 4.78 is 39.5. The molecule has 1 heterocycles. The van der Waals surface area contributed by atoms with Crippen LogP contribution >= 0.6 is 11.3 Å². The summed E-state index contributed by atoms with van der Waals surface area (Å²) in [7, 11) is -2.47. The number of benzene rings is 2. The van der Waals surface area contributed by atoms with Crippen molar-refractivity contribution < 1.29 is 17.6 Å². The molecule has 8 heteroatoms. The number of halogens is 1. The van der Waals surface area contributed by atoms with Crippen molar-refractivity contribution in [3.8, 4) is 0 Å². The fourth-order valence-corrected chi connectivity index (χ4v) is 4.59. The average molecular weight is 390 g/mol. The topological polar surface area (TPSA) is 66.5 Å². The maximum atomic E-state index is 13.0. The van der Waals surface area contributed by atoms with E-state index in [1.807, 2.05) is 6.07 Å². The summed E-state index contributed by atoms with van der Waals surface area (Å²) in [4.78, 5) is 12.6. The first-order valence-electron chi connectivity index (χ1n) is 7.57. The normalized spacial score (nSPS) is 11.2. The van der Waals surface area contributed by atoms with Crippen LogP contribution in [0.1, 0.15) is 9.67 Å². The Morgan fingerprint density at radius 3 is 2.38 bits per heavy atom. The first-order valence-corrected chi connectivity index (χ1v) is 9.89. The molecule has 1 N–H and O–H groups in total. The van der Waals surface area contributed by atoms with E-state index >= 15 is 0 Å². The van der Waals surface area contributed by atoms with Crippen molar-refractivity contribution in [2.45, 2.75) is 4.90 Å². The molecule has 0 spiro atoms. The molecular weight excluding hydrogens is 375 g/mol. The van der Waals surface area contributed by atoms with Crippen molar-refractivity contribution in [2.24, 2.45) is 0 Å². The van der Waals surface area contributed by atoms with Crippen LogP contribution in [-0.4, -0.2) is 21.4 Å². The number of hydrogen-bond donors (Lipinski definition) is 1. The Labute approximate surface area is 154 Å². The first-order chi connectivity index (χ1) is 12.4. The van der Waals surface area contributed by atoms with Crippen molar-refractivity contribution in [3.05, 3.63) is 76.7 Å². The minimum atomic E-state index is -3.85. The third-order valence-electron chi connectivity index (χ3n) is 3.68. The molecule has 0 aliphatic carbocycles. The quantitative estimate of drug-likeness (QED) is 0.717. The SMILES string of the molecule is CN(c1ccc(F)cc1)S(=O)(=O)c1csc(C(=O)Nc2ccccc2)c1. The van der Waals surface area contributed by atoms with Gasteiger partial charge in [-0.15, -0.1) is 11.3 Å². The molecule has 2 aromatic carbocycles. The number of nitrogens with one attached hydrogen (secondary N) is 1. The Kier molecular flexibility index (Phi) is 5.06. The average Bonchev–Trinajstić information content (AvgIpc) is 3.14. The van der Waals surface area contributed by atoms with Crippen molar-refractivity contribution in [1.29, 1.82) is 0 Å². The molecule has 0 bridgehead atoms. The number of amides is 1. The number of nitrogens with zero attached hydrogens (tertiary/aromatic N) is 1. The largest absolute Gasteiger partial charge is 0.321 e. The van der Waals surface area contributed by atoms with Gasteiger partial charge < -0.3 is 5.32 Å². The van der Waals surface area contributed by atoms with E-state index in [4.69, 9.17) is 0 Å². The molecule has 5 nitrogen and oxygen atoms in total. The van der Waals surface area contributed by atoms with E-state index in [2.05, 4.69) is 5.32 Å². The van der Waals surface area contributed by atoms with Crippen LogP contribution in [0.15, 0.2) is 70.9 Å². The highest BCUT2D eigenvalue weighted by molar-refractivity contribution is 7.93. The smallest absolute Gasteiger partial charge is 0.265 e. The standard InChI is InChI=1S/C18H15FN2O3S2/c1-21(15-9-7-13(19)8-10-15)26(23,24)16-11-17(25-12-16)18(22)20-14-5-3-2-4-6-14/h2-12H,1H3,(H,20,22). The van der Waals surface area contributed by atoms with Gasteiger partial charge in [0, 0.05) is 18.1 Å². The van der Waals surface area contributed by atoms with E-state index in [0.717, 1.165) is 15.6 Å². The number of rotatable bonds is 5. The van der Waals surface area contributed by atoms with Gasteiger partial charge in [-0.05, 0) is 42.5 Å². The lowest BCUT2D eigenvalue weighted by atomic mass is 10.3. The van der Waals surface area contributed by atoms with Gasteiger partial charge in [0.1, 0.15) is 5.82 Å². The monoisotopic (exact) mass is 390 g/mol. The zero-order valence-corrected chi connectivity index (χ0v) is 15.4. The molecule has 0 unspecified atom stereocenters. The summed E-state index contributed by atoms with van der Waals surface area (Å²) in [6.07, 6.45) is 0. The molecule has 0 saturated carbocycles. The minimum absolute atomic E-state index is 0.00698. The van der Waals surface area contributed by atoms with Gasteiger partial charge in [-0.3, -0.25) is 9.10 Å². The number of sulfonamides is 1. The molecule has 0 saturated heterocycles. The van der Waals surface area contributed by atoms with E-state index in [1.165, 1.54) is 42.8 Å². The zero-order chi connectivity index (χ0) is 18.7. The first kappa shape index (κ1) is 18.1. The Morgan fingerprint density at radius 1 is 1.08 bits per heavy atom. The predicted octanol–water partition coefficient (Wildman–Crippen LogP) is 3.96. The van der Waals surface area contributed by atoms with E-state index in [0.29, 0.717) is 11.4 Å². The number of carbonyl (C=O) groups is 1. The summed E-state index contributed by atoms with van der Waals surface area (Å²) in [5.41, 5.74) is 0.951. The number of carbonyl (C=O) groups excluding carboxylic acids is 1. The van der Waals surface area contributed by atoms with E-state index < -0.39 is 15.8 Å². The van der Waals surface area contributed by atoms with Crippen LogP contribution in [0.3, 0.4) is 0 Å². The van der Waals surface area contributed by atoms with Gasteiger partial charge in [0.2, 0.25) is 0 Å². The molecule has 0 aliphatic heterocycles. The van der Waals surface area contributed by atoms with Crippen LogP contribution in [0.5, 0.6) is 0 Å². The highest BCUT2D eigenvalue weighted by atomic mass is 32.2. The summed E-state index contributed by atoms with van der Waals surface area (Å²) >= 11 is 1.04. The van der Waals surface area contributed by atoms with Crippen LogP contribution in [0.4, 0.5) is 15.8 Å². The van der Waals surface area contributed by atoms with Crippen LogP contribution in [0.2, 0.25) is 0 Å². The fourth-order valence-electron chi connectivity index (χ4n) is 2.24. The summed E-state index contributed by atoms with van der Waals surface area (Å²) in [6, 6.07) is 15.4. The van der Waals surface area contributed by atoms with Crippen molar-refractivity contribution >= 4 is 38.6 Å². The molecule has 3 aromatic rings. The van der Waals surface area contributed by atoms with Crippen LogP contribution < -0.4 is 9.62 Å². The Hall–Kier alpha value is -2.71. The predicted molar refractivity (Wildman–Crippen MR) is 101 cm³/mol. The molecule has 1 aromatic heterocycles. The maximum absolute atomic E-state index is 13.0. The third-order valence-corrected chi connectivity index (χ3v) is 6.52. The number of para-hydroxylation sites is 1. The molecule has 1 amide bonds. The molecule has 26 heavy (non-hydrogen) atoms. The van der Waals surface area contributed by atoms with Gasteiger partial charge in [0.15, 0.2) is 0 Å². The van der Waals surface area contributed by atoms with Gasteiger partial charge in [-0.25, -0.2) is 12.8 Å². The summed E-state index contributed by atoms with van der Waals surface area (Å²) in [5, 5.41) is 4.12. The molecule has 0 radical (unpaired) electrons. The van der Waals surface area contributed by atoms with Gasteiger partial charge in [0.05, 0.1) is 15.5 Å². The molecular formula is C18H15FN2O3S2. The Balaban J connectivity index is 1.81. The number of anilines is 2. The molecule has 134 valence electrons. The van der Waals surface area contributed by atoms with Gasteiger partial charge in [-0.2, -0.15) is 0 Å². The summed E-state index contributed by atoms with van der Waals surface area (Å²) in [6.45, 7) is 0. The van der Waals surface area contributed by atoms with Gasteiger partial charge >= 0.3 is 0 Å². The lowest BCUT2D eigenvalue weighted by molar-refractivity contribution is 0.103. The molecule has 0 fully saturated rings. The number of thiophene rings is 1. The second-order valence-electron chi connectivity index (χ2n) is 5.42. The minimum Gasteiger partial charge on any atom is -0.321 e. The van der Waals surface area contributed by atoms with Crippen molar-refractivity contribution in [1.82, 2.24) is 0 Å². The molecule has 0 aliphatic rings. The van der Waals surface area contributed by atoms with Gasteiger partial charge in [-0.1, -0.05) is 18.2 Å². The van der Waals surface area contributed by atoms with Crippen LogP contribution in [0.25, 0.3) is 0 Å². The van der Waals surface area contributed by atoms with Crippen LogP contribution in [-0.2, 0) is 10.0 Å². The summed E-state index contributed by atoms with van der Waals surface area (Å²) in [5.74, 6) is -0.831. The lowest BCUT2D eigenvalue weighted by Gasteiger charge is -2.18. The van der Waals surface area contributed by atoms with Crippen molar-refractivity contribution in [2.75, 3.05) is 16.7 Å². The second-order valence-corrected chi connectivity index (χ2v) is 8.30. The van der Waals surface area contributed by atoms with E-state index in [-0.39, 0.29) is 15.7 Å². The van der Waals surface area contributed by atoms with Gasteiger partial charge in [0.25, 0.3) is 15.9 Å². The lowest BCUT2D eigenvalue weighted by Crippen LogP contribution is -2.26. The molecule has 3 rings (SSSR count). The number of hydrogen-bond acceptors (Lipinski definition) is 4. The van der Waals surface area contributed by atoms with E-state index in [1.54, 1.807) is 24.3 Å². The highest BCUT2D eigenvalue weighted by Crippen LogP contribution is 2.26. The maximum Gasteiger partial charge on any atom is 0.265 e. The Morgan fingerprint density at radius 2 is 1.73 bits per heavy atom. The Bertz CT molecular complexity index is 1020. The third kappa shape index (κ3) is 3.76. The highest BCUT2D eigenvalue weighted by Gasteiger charge is 2.24. The molecule has 0 atom stereocenters. The zero-order valence-electron chi connectivity index (χ0n) is 13.7.